The van der Waals surface area contributed by atoms with Crippen LogP contribution in [0.15, 0.2) is 54.7 Å². The van der Waals surface area contributed by atoms with E-state index in [1.807, 2.05) is 47.4 Å². The van der Waals surface area contributed by atoms with Crippen LogP contribution in [0.2, 0.25) is 0 Å². The fourth-order valence-electron chi connectivity index (χ4n) is 3.21. The fraction of sp³-hybridized carbons (Fsp3) is 0.250. The number of carbonyl (C=O) groups excluding carboxylic acids is 1. The van der Waals surface area contributed by atoms with E-state index in [0.29, 0.717) is 18.8 Å². The summed E-state index contributed by atoms with van der Waals surface area (Å²) < 4.78 is 5.25. The number of pyridine rings is 1. The first-order valence-corrected chi connectivity index (χ1v) is 8.90. The summed E-state index contributed by atoms with van der Waals surface area (Å²) in [6.45, 7) is 2.84. The second-order valence-corrected chi connectivity index (χ2v) is 6.37. The lowest BCUT2D eigenvalue weighted by atomic mass is 10.1. The summed E-state index contributed by atoms with van der Waals surface area (Å²) in [7, 11) is 1.63. The van der Waals surface area contributed by atoms with Gasteiger partial charge in [-0.15, -0.1) is 0 Å². The molecule has 138 valence electrons. The largest absolute Gasteiger partial charge is 0.497 e. The summed E-state index contributed by atoms with van der Waals surface area (Å²) in [6.07, 6.45) is 1.79. The number of amides is 1. The summed E-state index contributed by atoms with van der Waals surface area (Å²) in [5.41, 5.74) is 2.13. The van der Waals surface area contributed by atoms with E-state index < -0.39 is 0 Å². The van der Waals surface area contributed by atoms with Gasteiger partial charge in [0, 0.05) is 37.9 Å². The number of aromatic amines is 1. The first-order chi connectivity index (χ1) is 13.2. The number of methoxy groups -OCH3 is 1. The van der Waals surface area contributed by atoms with Gasteiger partial charge in [0.2, 0.25) is 0 Å². The van der Waals surface area contributed by atoms with Crippen LogP contribution in [0.5, 0.6) is 5.75 Å². The summed E-state index contributed by atoms with van der Waals surface area (Å²) in [5.74, 6) is 1.68. The zero-order chi connectivity index (χ0) is 18.6. The van der Waals surface area contributed by atoms with Crippen molar-refractivity contribution in [3.8, 4) is 17.0 Å². The normalized spacial score (nSPS) is 14.3. The second kappa shape index (κ2) is 7.49. The van der Waals surface area contributed by atoms with E-state index in [9.17, 15) is 4.79 Å². The average Bonchev–Trinajstić information content (AvgIpc) is 3.24. The minimum absolute atomic E-state index is 0.0303. The molecule has 1 N–H and O–H groups in total. The standard InChI is InChI=1S/C20H21N5O2/c1-27-16-6-4-5-15(13-16)17-14-18(23-22-17)20(26)25-11-9-24(10-12-25)19-7-2-3-8-21-19/h2-8,13-14H,9-12H2,1H3,(H,22,23). The van der Waals surface area contributed by atoms with Crippen molar-refractivity contribution < 1.29 is 9.53 Å². The molecule has 7 heteroatoms. The van der Waals surface area contributed by atoms with Crippen LogP contribution in [0.3, 0.4) is 0 Å². The Hall–Kier alpha value is -3.35. The van der Waals surface area contributed by atoms with Crippen LogP contribution in [-0.2, 0) is 0 Å². The molecule has 1 fully saturated rings. The van der Waals surface area contributed by atoms with Crippen LogP contribution in [0.25, 0.3) is 11.3 Å². The van der Waals surface area contributed by atoms with Crippen molar-refractivity contribution in [2.75, 3.05) is 38.2 Å². The first-order valence-electron chi connectivity index (χ1n) is 8.90. The Bertz CT molecular complexity index is 917. The molecule has 0 bridgehead atoms. The lowest BCUT2D eigenvalue weighted by Crippen LogP contribution is -2.49. The van der Waals surface area contributed by atoms with Gasteiger partial charge >= 0.3 is 0 Å². The Kier molecular flexibility index (Phi) is 4.74. The Balaban J connectivity index is 1.43. The van der Waals surface area contributed by atoms with E-state index in [-0.39, 0.29) is 5.91 Å². The molecule has 0 atom stereocenters. The lowest BCUT2D eigenvalue weighted by Gasteiger charge is -2.35. The maximum atomic E-state index is 12.8. The maximum Gasteiger partial charge on any atom is 0.272 e. The fourth-order valence-corrected chi connectivity index (χ4v) is 3.21. The molecule has 0 radical (unpaired) electrons. The molecule has 1 aromatic carbocycles. The number of hydrogen-bond acceptors (Lipinski definition) is 5. The number of H-pyrrole nitrogens is 1. The molecule has 1 aliphatic heterocycles. The van der Waals surface area contributed by atoms with Crippen molar-refractivity contribution in [3.63, 3.8) is 0 Å². The molecule has 7 nitrogen and oxygen atoms in total. The Morgan fingerprint density at radius 1 is 1.07 bits per heavy atom. The summed E-state index contributed by atoms with van der Waals surface area (Å²) in [4.78, 5) is 21.2. The number of anilines is 1. The number of piperazine rings is 1. The topological polar surface area (TPSA) is 74.3 Å². The Morgan fingerprint density at radius 3 is 2.67 bits per heavy atom. The molecule has 3 aromatic rings. The van der Waals surface area contributed by atoms with Gasteiger partial charge in [0.1, 0.15) is 17.3 Å². The number of ether oxygens (including phenoxy) is 1. The third-order valence-electron chi connectivity index (χ3n) is 4.71. The zero-order valence-corrected chi connectivity index (χ0v) is 15.1. The summed E-state index contributed by atoms with van der Waals surface area (Å²) in [6, 6.07) is 15.3. The van der Waals surface area contributed by atoms with Gasteiger partial charge in [-0.05, 0) is 30.3 Å². The van der Waals surface area contributed by atoms with Crippen LogP contribution in [-0.4, -0.2) is 59.3 Å². The molecular formula is C20H21N5O2. The number of rotatable bonds is 4. The molecule has 27 heavy (non-hydrogen) atoms. The van der Waals surface area contributed by atoms with Gasteiger partial charge in [-0.25, -0.2) is 4.98 Å². The Morgan fingerprint density at radius 2 is 1.93 bits per heavy atom. The van der Waals surface area contributed by atoms with Crippen molar-refractivity contribution in [1.82, 2.24) is 20.1 Å². The smallest absolute Gasteiger partial charge is 0.272 e. The SMILES string of the molecule is COc1cccc(-c2cc(C(=O)N3CCN(c4ccccn4)CC3)[nH]n2)c1. The highest BCUT2D eigenvalue weighted by molar-refractivity contribution is 5.93. The third kappa shape index (κ3) is 3.62. The third-order valence-corrected chi connectivity index (χ3v) is 4.71. The second-order valence-electron chi connectivity index (χ2n) is 6.37. The van der Waals surface area contributed by atoms with E-state index in [1.165, 1.54) is 0 Å². The van der Waals surface area contributed by atoms with Crippen LogP contribution in [0.4, 0.5) is 5.82 Å². The quantitative estimate of drug-likeness (QED) is 0.771. The molecule has 0 saturated carbocycles. The maximum absolute atomic E-state index is 12.8. The molecule has 2 aromatic heterocycles. The van der Waals surface area contributed by atoms with Gasteiger partial charge < -0.3 is 14.5 Å². The van der Waals surface area contributed by atoms with Crippen LogP contribution >= 0.6 is 0 Å². The minimum atomic E-state index is -0.0303. The molecule has 1 aliphatic rings. The number of hydrogen-bond donors (Lipinski definition) is 1. The van der Waals surface area contributed by atoms with Crippen molar-refractivity contribution in [2.24, 2.45) is 0 Å². The molecule has 0 aliphatic carbocycles. The van der Waals surface area contributed by atoms with Crippen LogP contribution in [0.1, 0.15) is 10.5 Å². The zero-order valence-electron chi connectivity index (χ0n) is 15.1. The highest BCUT2D eigenvalue weighted by atomic mass is 16.5. The van der Waals surface area contributed by atoms with Crippen molar-refractivity contribution in [3.05, 3.63) is 60.4 Å². The summed E-state index contributed by atoms with van der Waals surface area (Å²) >= 11 is 0. The van der Waals surface area contributed by atoms with Crippen LogP contribution in [0, 0.1) is 0 Å². The molecule has 3 heterocycles. The van der Waals surface area contributed by atoms with Gasteiger partial charge in [0.25, 0.3) is 5.91 Å². The molecule has 0 spiro atoms. The van der Waals surface area contributed by atoms with E-state index >= 15 is 0 Å². The minimum Gasteiger partial charge on any atom is -0.497 e. The van der Waals surface area contributed by atoms with Crippen molar-refractivity contribution in [1.29, 1.82) is 0 Å². The highest BCUT2D eigenvalue weighted by Gasteiger charge is 2.24. The molecule has 0 unspecified atom stereocenters. The summed E-state index contributed by atoms with van der Waals surface area (Å²) in [5, 5.41) is 7.17. The van der Waals surface area contributed by atoms with E-state index in [2.05, 4.69) is 20.1 Å². The number of aromatic nitrogens is 3. The number of nitrogens with zero attached hydrogens (tertiary/aromatic N) is 4. The van der Waals surface area contributed by atoms with E-state index in [1.54, 1.807) is 19.4 Å². The van der Waals surface area contributed by atoms with Crippen LogP contribution < -0.4 is 9.64 Å². The molecule has 4 rings (SSSR count). The predicted octanol–water partition coefficient (Wildman–Crippen LogP) is 2.44. The molecular weight excluding hydrogens is 342 g/mol. The number of benzene rings is 1. The number of nitrogens with one attached hydrogen (secondary N) is 1. The van der Waals surface area contributed by atoms with Crippen molar-refractivity contribution in [2.45, 2.75) is 0 Å². The Labute approximate surface area is 157 Å². The van der Waals surface area contributed by atoms with E-state index in [0.717, 1.165) is 35.9 Å². The monoisotopic (exact) mass is 363 g/mol. The molecule has 1 amide bonds. The first kappa shape index (κ1) is 17.1. The highest BCUT2D eigenvalue weighted by Crippen LogP contribution is 2.23. The van der Waals surface area contributed by atoms with Gasteiger partial charge in [-0.3, -0.25) is 9.89 Å². The van der Waals surface area contributed by atoms with E-state index in [4.69, 9.17) is 4.74 Å². The van der Waals surface area contributed by atoms with Crippen molar-refractivity contribution >= 4 is 11.7 Å². The van der Waals surface area contributed by atoms with Gasteiger partial charge in [-0.2, -0.15) is 5.10 Å². The van der Waals surface area contributed by atoms with Gasteiger partial charge in [0.15, 0.2) is 0 Å². The van der Waals surface area contributed by atoms with Gasteiger partial charge in [-0.1, -0.05) is 18.2 Å². The number of carbonyl (C=O) groups is 1. The molecule has 1 saturated heterocycles. The predicted molar refractivity (Wildman–Crippen MR) is 103 cm³/mol. The average molecular weight is 363 g/mol. The van der Waals surface area contributed by atoms with Gasteiger partial charge in [0.05, 0.1) is 12.8 Å². The lowest BCUT2D eigenvalue weighted by molar-refractivity contribution is 0.0740.